The Kier molecular flexibility index (Phi) is 6.56. The van der Waals surface area contributed by atoms with Crippen molar-refractivity contribution in [2.75, 3.05) is 20.1 Å². The summed E-state index contributed by atoms with van der Waals surface area (Å²) in [5.41, 5.74) is 2.12. The molecule has 0 aliphatic rings. The molecule has 0 heterocycles. The Balaban J connectivity index is 2.20. The van der Waals surface area contributed by atoms with E-state index in [4.69, 9.17) is 4.74 Å². The predicted molar refractivity (Wildman–Crippen MR) is 77.3 cm³/mol. The first-order chi connectivity index (χ1) is 9.52. The van der Waals surface area contributed by atoms with Gasteiger partial charge in [-0.3, -0.25) is 4.79 Å². The maximum atomic E-state index is 11.5. The van der Waals surface area contributed by atoms with Gasteiger partial charge in [-0.15, -0.1) is 0 Å². The zero-order valence-corrected chi connectivity index (χ0v) is 12.3. The fourth-order valence-electron chi connectivity index (χ4n) is 1.60. The fourth-order valence-corrected chi connectivity index (χ4v) is 1.60. The number of ether oxygens (including phenoxy) is 1. The quantitative estimate of drug-likeness (QED) is 0.867. The molecule has 5 nitrogen and oxygen atoms in total. The maximum absolute atomic E-state index is 11.5. The van der Waals surface area contributed by atoms with Gasteiger partial charge in [-0.1, -0.05) is 36.8 Å². The molecule has 0 aliphatic heterocycles. The highest BCUT2D eigenvalue weighted by Crippen LogP contribution is 2.04. The molecule has 1 N–H and O–H groups in total. The molecule has 2 amide bonds. The first kappa shape index (κ1) is 16.0. The average Bonchev–Trinajstić information content (AvgIpc) is 2.45. The molecule has 0 aromatic heterocycles. The second kappa shape index (κ2) is 8.19. The van der Waals surface area contributed by atoms with Crippen LogP contribution in [-0.4, -0.2) is 37.0 Å². The summed E-state index contributed by atoms with van der Waals surface area (Å²) in [6.45, 7) is 4.92. The third kappa shape index (κ3) is 5.73. The number of carbonyl (C=O) groups is 2. The molecule has 0 fully saturated rings. The average molecular weight is 278 g/mol. The van der Waals surface area contributed by atoms with Crippen LogP contribution >= 0.6 is 0 Å². The van der Waals surface area contributed by atoms with Crippen molar-refractivity contribution in [3.05, 3.63) is 35.4 Å². The Morgan fingerprint density at radius 3 is 2.50 bits per heavy atom. The first-order valence-electron chi connectivity index (χ1n) is 6.73. The van der Waals surface area contributed by atoms with E-state index >= 15 is 0 Å². The van der Waals surface area contributed by atoms with Crippen molar-refractivity contribution >= 4 is 12.0 Å². The van der Waals surface area contributed by atoms with Crippen LogP contribution in [0.25, 0.3) is 0 Å². The molecule has 1 rings (SSSR count). The number of nitrogens with zero attached hydrogens (tertiary/aromatic N) is 1. The van der Waals surface area contributed by atoms with Gasteiger partial charge >= 0.3 is 6.09 Å². The smallest absolute Gasteiger partial charge is 0.407 e. The van der Waals surface area contributed by atoms with Crippen molar-refractivity contribution < 1.29 is 14.3 Å². The van der Waals surface area contributed by atoms with E-state index in [9.17, 15) is 9.59 Å². The van der Waals surface area contributed by atoms with Gasteiger partial charge in [-0.05, 0) is 12.5 Å². The second-order valence-electron chi connectivity index (χ2n) is 4.66. The number of hydrogen-bond acceptors (Lipinski definition) is 3. The molecule has 0 spiro atoms. The third-order valence-electron chi connectivity index (χ3n) is 2.94. The van der Waals surface area contributed by atoms with E-state index in [1.54, 1.807) is 11.9 Å². The predicted octanol–water partition coefficient (Wildman–Crippen LogP) is 2.09. The SMILES string of the molecule is CCC(=O)N(C)CCNC(=O)OCc1ccc(C)cc1. The molecule has 110 valence electrons. The number of carbonyl (C=O) groups excluding carboxylic acids is 2. The van der Waals surface area contributed by atoms with Crippen LogP contribution in [0.5, 0.6) is 0 Å². The van der Waals surface area contributed by atoms with Crippen molar-refractivity contribution in [1.29, 1.82) is 0 Å². The monoisotopic (exact) mass is 278 g/mol. The number of likely N-dealkylation sites (N-methyl/N-ethyl adjacent to an activating group) is 1. The number of aryl methyl sites for hydroxylation is 1. The number of hydrogen-bond donors (Lipinski definition) is 1. The van der Waals surface area contributed by atoms with Crippen LogP contribution in [0.1, 0.15) is 24.5 Å². The highest BCUT2D eigenvalue weighted by molar-refractivity contribution is 5.75. The highest BCUT2D eigenvalue weighted by atomic mass is 16.5. The Morgan fingerprint density at radius 2 is 1.90 bits per heavy atom. The van der Waals surface area contributed by atoms with Crippen LogP contribution in [0.2, 0.25) is 0 Å². The van der Waals surface area contributed by atoms with Gasteiger partial charge in [0.15, 0.2) is 0 Å². The maximum Gasteiger partial charge on any atom is 0.407 e. The third-order valence-corrected chi connectivity index (χ3v) is 2.94. The van der Waals surface area contributed by atoms with Crippen LogP contribution in [-0.2, 0) is 16.1 Å². The van der Waals surface area contributed by atoms with E-state index in [1.165, 1.54) is 5.56 Å². The fraction of sp³-hybridized carbons (Fsp3) is 0.467. The lowest BCUT2D eigenvalue weighted by molar-refractivity contribution is -0.129. The van der Waals surface area contributed by atoms with Gasteiger partial charge in [0.25, 0.3) is 0 Å². The summed E-state index contributed by atoms with van der Waals surface area (Å²) >= 11 is 0. The molecule has 1 aromatic carbocycles. The zero-order chi connectivity index (χ0) is 15.0. The van der Waals surface area contributed by atoms with Gasteiger partial charge < -0.3 is 15.0 Å². The lowest BCUT2D eigenvalue weighted by atomic mass is 10.2. The minimum absolute atomic E-state index is 0.0554. The van der Waals surface area contributed by atoms with Gasteiger partial charge in [0.2, 0.25) is 5.91 Å². The summed E-state index contributed by atoms with van der Waals surface area (Å²) < 4.78 is 5.08. The largest absolute Gasteiger partial charge is 0.445 e. The van der Waals surface area contributed by atoms with E-state index in [-0.39, 0.29) is 12.5 Å². The van der Waals surface area contributed by atoms with E-state index in [2.05, 4.69) is 5.32 Å². The van der Waals surface area contributed by atoms with Crippen LogP contribution < -0.4 is 5.32 Å². The van der Waals surface area contributed by atoms with Crippen molar-refractivity contribution in [3.8, 4) is 0 Å². The number of nitrogens with one attached hydrogen (secondary N) is 1. The van der Waals surface area contributed by atoms with Gasteiger partial charge in [-0.2, -0.15) is 0 Å². The summed E-state index contributed by atoms with van der Waals surface area (Å²) in [6, 6.07) is 7.80. The molecular formula is C15H22N2O3. The molecular weight excluding hydrogens is 256 g/mol. The van der Waals surface area contributed by atoms with Crippen molar-refractivity contribution in [1.82, 2.24) is 10.2 Å². The summed E-state index contributed by atoms with van der Waals surface area (Å²) in [4.78, 5) is 24.4. The number of amides is 2. The van der Waals surface area contributed by atoms with E-state index in [0.29, 0.717) is 19.5 Å². The molecule has 5 heteroatoms. The lowest BCUT2D eigenvalue weighted by Gasteiger charge is -2.16. The normalized spacial score (nSPS) is 9.95. The molecule has 0 unspecified atom stereocenters. The topological polar surface area (TPSA) is 58.6 Å². The molecule has 0 bridgehead atoms. The molecule has 0 saturated carbocycles. The first-order valence-corrected chi connectivity index (χ1v) is 6.73. The van der Waals surface area contributed by atoms with Crippen molar-refractivity contribution in [2.45, 2.75) is 26.9 Å². The van der Waals surface area contributed by atoms with E-state index in [1.807, 2.05) is 38.1 Å². The number of benzene rings is 1. The standard InChI is InChI=1S/C15H22N2O3/c1-4-14(18)17(3)10-9-16-15(19)20-11-13-7-5-12(2)6-8-13/h5-8H,4,9-11H2,1-3H3,(H,16,19). The Bertz CT molecular complexity index is 443. The Morgan fingerprint density at radius 1 is 1.25 bits per heavy atom. The molecule has 0 aliphatic carbocycles. The minimum atomic E-state index is -0.470. The van der Waals surface area contributed by atoms with Crippen LogP contribution in [0.15, 0.2) is 24.3 Å². The molecule has 20 heavy (non-hydrogen) atoms. The van der Waals surface area contributed by atoms with Gasteiger partial charge in [0.05, 0.1) is 0 Å². The minimum Gasteiger partial charge on any atom is -0.445 e. The van der Waals surface area contributed by atoms with Gasteiger partial charge in [-0.25, -0.2) is 4.79 Å². The zero-order valence-electron chi connectivity index (χ0n) is 12.3. The molecule has 0 atom stereocenters. The highest BCUT2D eigenvalue weighted by Gasteiger charge is 2.07. The second-order valence-corrected chi connectivity index (χ2v) is 4.66. The van der Waals surface area contributed by atoms with Crippen molar-refractivity contribution in [2.24, 2.45) is 0 Å². The number of rotatable bonds is 6. The molecule has 1 aromatic rings. The van der Waals surface area contributed by atoms with E-state index in [0.717, 1.165) is 5.56 Å². The lowest BCUT2D eigenvalue weighted by Crippen LogP contribution is -2.36. The molecule has 0 saturated heterocycles. The van der Waals surface area contributed by atoms with Gasteiger partial charge in [0.1, 0.15) is 6.61 Å². The Labute approximate surface area is 119 Å². The van der Waals surface area contributed by atoms with Crippen molar-refractivity contribution in [3.63, 3.8) is 0 Å². The summed E-state index contributed by atoms with van der Waals surface area (Å²) in [7, 11) is 1.71. The van der Waals surface area contributed by atoms with Gasteiger partial charge in [0, 0.05) is 26.6 Å². The van der Waals surface area contributed by atoms with E-state index < -0.39 is 6.09 Å². The van der Waals surface area contributed by atoms with Crippen LogP contribution in [0.3, 0.4) is 0 Å². The summed E-state index contributed by atoms with van der Waals surface area (Å²) in [5, 5.41) is 2.62. The van der Waals surface area contributed by atoms with Crippen LogP contribution in [0.4, 0.5) is 4.79 Å². The summed E-state index contributed by atoms with van der Waals surface area (Å²) in [5.74, 6) is 0.0554. The molecule has 0 radical (unpaired) electrons. The Hall–Kier alpha value is -2.04. The summed E-state index contributed by atoms with van der Waals surface area (Å²) in [6.07, 6.45) is -0.00288. The number of alkyl carbamates (subject to hydrolysis) is 1. The van der Waals surface area contributed by atoms with Crippen LogP contribution in [0, 0.1) is 6.92 Å².